The highest BCUT2D eigenvalue weighted by Gasteiger charge is 2.34. The third-order valence-electron chi connectivity index (χ3n) is 3.23. The highest BCUT2D eigenvalue weighted by Crippen LogP contribution is 2.44. The summed E-state index contributed by atoms with van der Waals surface area (Å²) in [4.78, 5) is 0.167. The van der Waals surface area contributed by atoms with Crippen LogP contribution < -0.4 is 22.9 Å². The largest absolute Gasteiger partial charge is 0.397 e. The zero-order valence-corrected chi connectivity index (χ0v) is 25.6. The van der Waals surface area contributed by atoms with E-state index in [1.807, 2.05) is 136 Å². The standard InChI is InChI=1S/C12H8I6N4O2S/c13-1-7(19)3(15)11(4(16)8(1)20)25(23,24)12-5(17)9(21)2(14)10(22)6(12)18/h19-22H2. The average molecular weight is 1030 g/mol. The number of hydrogen-bond acceptors (Lipinski definition) is 6. The van der Waals surface area contributed by atoms with E-state index in [4.69, 9.17) is 22.9 Å². The molecule has 2 aromatic rings. The van der Waals surface area contributed by atoms with Gasteiger partial charge in [0.2, 0.25) is 9.84 Å². The molecule has 0 radical (unpaired) electrons. The van der Waals surface area contributed by atoms with Crippen molar-refractivity contribution in [2.24, 2.45) is 0 Å². The monoisotopic (exact) mass is 1030 g/mol. The summed E-state index contributed by atoms with van der Waals surface area (Å²) in [5, 5.41) is 0. The molecule has 13 heteroatoms. The Morgan fingerprint density at radius 2 is 0.680 bits per heavy atom. The van der Waals surface area contributed by atoms with Crippen molar-refractivity contribution in [2.45, 2.75) is 9.79 Å². The van der Waals surface area contributed by atoms with E-state index in [9.17, 15) is 8.42 Å². The quantitative estimate of drug-likeness (QED) is 0.259. The Morgan fingerprint density at radius 3 is 0.880 bits per heavy atom. The fourth-order valence-corrected chi connectivity index (χ4v) is 13.3. The van der Waals surface area contributed by atoms with Crippen molar-refractivity contribution in [1.29, 1.82) is 0 Å². The minimum absolute atomic E-state index is 0.0833. The second-order valence-corrected chi connectivity index (χ2v) is 13.0. The zero-order chi connectivity index (χ0) is 19.4. The molecule has 0 aliphatic rings. The van der Waals surface area contributed by atoms with Crippen molar-refractivity contribution < 1.29 is 8.42 Å². The van der Waals surface area contributed by atoms with E-state index in [0.717, 1.165) is 0 Å². The van der Waals surface area contributed by atoms with Crippen molar-refractivity contribution >= 4 is 168 Å². The summed E-state index contributed by atoms with van der Waals surface area (Å²) in [6, 6.07) is 0. The molecule has 2 aromatic carbocycles. The first-order valence-corrected chi connectivity index (χ1v) is 14.0. The molecule has 0 bridgehead atoms. The minimum atomic E-state index is -3.94. The summed E-state index contributed by atoms with van der Waals surface area (Å²) in [6.07, 6.45) is 0. The van der Waals surface area contributed by atoms with Gasteiger partial charge in [0.05, 0.1) is 44.2 Å². The maximum atomic E-state index is 13.5. The minimum Gasteiger partial charge on any atom is -0.397 e. The van der Waals surface area contributed by atoms with E-state index in [-0.39, 0.29) is 9.79 Å². The van der Waals surface area contributed by atoms with Crippen molar-refractivity contribution in [3.8, 4) is 0 Å². The second kappa shape index (κ2) is 8.38. The SMILES string of the molecule is Nc1c(I)c(N)c(I)c(S(=O)(=O)c2c(I)c(N)c(I)c(N)c2I)c1I. The Hall–Kier alpha value is 1.97. The molecular formula is C12H8I6N4O2S. The average Bonchev–Trinajstić information content (AvgIpc) is 2.54. The van der Waals surface area contributed by atoms with Crippen LogP contribution in [0.2, 0.25) is 0 Å². The maximum absolute atomic E-state index is 13.5. The summed E-state index contributed by atoms with van der Waals surface area (Å²) < 4.78 is 30.0. The van der Waals surface area contributed by atoms with E-state index in [2.05, 4.69) is 0 Å². The van der Waals surface area contributed by atoms with E-state index in [1.54, 1.807) is 0 Å². The lowest BCUT2D eigenvalue weighted by Crippen LogP contribution is -2.17. The molecule has 0 saturated heterocycles. The molecule has 0 amide bonds. The van der Waals surface area contributed by atoms with E-state index in [0.29, 0.717) is 44.2 Å². The van der Waals surface area contributed by atoms with Gasteiger partial charge in [0.15, 0.2) is 0 Å². The Balaban J connectivity index is 3.02. The van der Waals surface area contributed by atoms with Crippen LogP contribution in [-0.2, 0) is 9.84 Å². The number of anilines is 4. The lowest BCUT2D eigenvalue weighted by Gasteiger charge is -2.19. The lowest BCUT2D eigenvalue weighted by atomic mass is 10.3. The van der Waals surface area contributed by atoms with E-state index < -0.39 is 9.84 Å². The van der Waals surface area contributed by atoms with Crippen LogP contribution in [-0.4, -0.2) is 8.42 Å². The van der Waals surface area contributed by atoms with Gasteiger partial charge in [-0.25, -0.2) is 8.42 Å². The normalized spacial score (nSPS) is 11.8. The topological polar surface area (TPSA) is 138 Å². The Kier molecular flexibility index (Phi) is 7.79. The molecule has 0 unspecified atom stereocenters. The van der Waals surface area contributed by atoms with Crippen LogP contribution in [0.5, 0.6) is 0 Å². The highest BCUT2D eigenvalue weighted by atomic mass is 127. The summed E-state index contributed by atoms with van der Waals surface area (Å²) in [5.41, 5.74) is 25.6. The first kappa shape index (κ1) is 23.3. The second-order valence-electron chi connectivity index (χ2n) is 4.70. The van der Waals surface area contributed by atoms with Crippen LogP contribution in [0, 0.1) is 21.4 Å². The van der Waals surface area contributed by atoms with Crippen LogP contribution in [0.1, 0.15) is 0 Å². The predicted octanol–water partition coefficient (Wildman–Crippen LogP) is 4.48. The van der Waals surface area contributed by atoms with Gasteiger partial charge in [0, 0.05) is 0 Å². The Morgan fingerprint density at radius 1 is 0.480 bits per heavy atom. The fraction of sp³-hybridized carbons (Fsp3) is 0. The number of nitrogens with two attached hydrogens (primary N) is 4. The third kappa shape index (κ3) is 3.89. The smallest absolute Gasteiger partial charge is 0.211 e. The van der Waals surface area contributed by atoms with Gasteiger partial charge >= 0.3 is 0 Å². The van der Waals surface area contributed by atoms with Crippen LogP contribution in [0.15, 0.2) is 9.79 Å². The van der Waals surface area contributed by atoms with Gasteiger partial charge in [-0.1, -0.05) is 0 Å². The number of sulfone groups is 1. The summed E-state index contributed by atoms with van der Waals surface area (Å²) in [6.45, 7) is 0. The first-order valence-electron chi connectivity index (χ1n) is 6.03. The highest BCUT2D eigenvalue weighted by molar-refractivity contribution is 14.1. The molecule has 25 heavy (non-hydrogen) atoms. The van der Waals surface area contributed by atoms with Crippen molar-refractivity contribution in [1.82, 2.24) is 0 Å². The van der Waals surface area contributed by atoms with Gasteiger partial charge < -0.3 is 22.9 Å². The van der Waals surface area contributed by atoms with E-state index >= 15 is 0 Å². The van der Waals surface area contributed by atoms with Crippen LogP contribution in [0.25, 0.3) is 0 Å². The summed E-state index contributed by atoms with van der Waals surface area (Å²) >= 11 is 11.8. The molecule has 6 nitrogen and oxygen atoms in total. The summed E-state index contributed by atoms with van der Waals surface area (Å²) in [5.74, 6) is 0. The maximum Gasteiger partial charge on any atom is 0.211 e. The number of halogens is 6. The van der Waals surface area contributed by atoms with Gasteiger partial charge in [-0.15, -0.1) is 0 Å². The van der Waals surface area contributed by atoms with Gasteiger partial charge in [-0.3, -0.25) is 0 Å². The summed E-state index contributed by atoms with van der Waals surface area (Å²) in [7, 11) is -3.94. The van der Waals surface area contributed by atoms with Crippen molar-refractivity contribution in [3.63, 3.8) is 0 Å². The van der Waals surface area contributed by atoms with Gasteiger partial charge in [0.1, 0.15) is 9.79 Å². The van der Waals surface area contributed by atoms with Crippen molar-refractivity contribution in [2.75, 3.05) is 22.9 Å². The molecule has 2 rings (SSSR count). The first-order chi connectivity index (χ1) is 11.4. The molecule has 0 aliphatic carbocycles. The van der Waals surface area contributed by atoms with Crippen LogP contribution in [0.4, 0.5) is 22.7 Å². The Bertz CT molecular complexity index is 892. The number of hydrogen-bond donors (Lipinski definition) is 4. The van der Waals surface area contributed by atoms with Crippen LogP contribution >= 0.6 is 136 Å². The lowest BCUT2D eigenvalue weighted by molar-refractivity contribution is 0.594. The number of benzene rings is 2. The molecule has 0 aromatic heterocycles. The van der Waals surface area contributed by atoms with E-state index in [1.165, 1.54) is 0 Å². The molecule has 0 aliphatic heterocycles. The zero-order valence-electron chi connectivity index (χ0n) is 11.8. The molecule has 0 saturated carbocycles. The van der Waals surface area contributed by atoms with Gasteiger partial charge in [-0.05, 0) is 136 Å². The molecular weight excluding hydrogens is 1030 g/mol. The molecule has 136 valence electrons. The van der Waals surface area contributed by atoms with Crippen molar-refractivity contribution in [3.05, 3.63) is 21.4 Å². The molecule has 0 fully saturated rings. The van der Waals surface area contributed by atoms with Gasteiger partial charge in [0.25, 0.3) is 0 Å². The third-order valence-corrected chi connectivity index (χ3v) is 13.4. The Labute approximate surface area is 226 Å². The molecule has 0 spiro atoms. The van der Waals surface area contributed by atoms with Crippen LogP contribution in [0.3, 0.4) is 0 Å². The van der Waals surface area contributed by atoms with Gasteiger partial charge in [-0.2, -0.15) is 0 Å². The fourth-order valence-electron chi connectivity index (χ4n) is 1.93. The number of nitrogen functional groups attached to an aromatic ring is 4. The number of rotatable bonds is 2. The predicted molar refractivity (Wildman–Crippen MR) is 152 cm³/mol. The molecule has 8 N–H and O–H groups in total. The molecule has 0 heterocycles. The molecule has 0 atom stereocenters.